The van der Waals surface area contributed by atoms with Crippen molar-refractivity contribution in [1.82, 2.24) is 57.7 Å². The van der Waals surface area contributed by atoms with Crippen LogP contribution in [-0.2, 0) is 43.2 Å². The Bertz CT molecular complexity index is 3060. The number of hydrogen-bond donors (Lipinski definition) is 9. The molecule has 1 saturated heterocycles. The van der Waals surface area contributed by atoms with Crippen LogP contribution in [0.5, 0.6) is 11.5 Å². The Kier molecular flexibility index (Phi) is 26.7. The Morgan fingerprint density at radius 3 is 1.54 bits per heavy atom. The number of halogens is 1. The lowest BCUT2D eigenvalue weighted by Crippen LogP contribution is -2.65. The summed E-state index contributed by atoms with van der Waals surface area (Å²) >= 11 is 0. The third-order valence-electron chi connectivity index (χ3n) is 16.2. The zero-order chi connectivity index (χ0) is 68.5. The minimum absolute atomic E-state index is 0.0320. The molecule has 24 heteroatoms. The molecule has 2 fully saturated rings. The fourth-order valence-corrected chi connectivity index (χ4v) is 11.0. The van der Waals surface area contributed by atoms with Gasteiger partial charge in [-0.2, -0.15) is 0 Å². The van der Waals surface area contributed by atoms with Crippen LogP contribution in [-0.4, -0.2) is 169 Å². The summed E-state index contributed by atoms with van der Waals surface area (Å²) in [5.74, 6) is -6.31. The fourth-order valence-electron chi connectivity index (χ4n) is 11.0. The molecule has 3 aromatic rings. The highest BCUT2D eigenvalue weighted by molar-refractivity contribution is 6.01. The average Bonchev–Trinajstić information content (AvgIpc) is 1.35. The van der Waals surface area contributed by atoms with Gasteiger partial charge in [-0.3, -0.25) is 47.9 Å². The highest BCUT2D eigenvalue weighted by Crippen LogP contribution is 2.32. The van der Waals surface area contributed by atoms with Gasteiger partial charge in [0.25, 0.3) is 5.91 Å². The summed E-state index contributed by atoms with van der Waals surface area (Å²) < 4.78 is 25.2. The minimum Gasteiger partial charge on any atom is -0.497 e. The predicted molar refractivity (Wildman–Crippen MR) is 348 cm³/mol. The Hall–Kier alpha value is -8.15. The molecule has 9 N–H and O–H groups in total. The normalized spacial score (nSPS) is 16.0. The third kappa shape index (κ3) is 22.0. The standard InChI is InChI=1S/C68H100FN11O12/c1-41(2)36-50(56(82)71-51(37-42(3)4)59(85)77-67(11,12)64(90)78-65(7,8)62(88)70-34-31-55(81)75-68(32-17-33-68)40-79(13)14)74-63(89)66(9,10)76-58(84)52(38-43(5)6)72-57(83)53(39-92-49-29-23-45(24-30-49)44-21-27-48(91-15)28-22-44)73-60(86)54-18-16-35-80(54)61(87)46-19-25-47(69)26-20-46/h19-30,41-43,50-54H,16-18,31-40H2,1-15H3,(H,70,88)(H,71,82)(H,72,83)(H,73,86)(H,74,89)(H,75,81)(H,76,84)(H,77,85)(H,78,90)/t50-,51-,52-,53-,54-/m0/s1. The molecular weight excluding hydrogens is 1180 g/mol. The molecule has 1 aliphatic heterocycles. The van der Waals surface area contributed by atoms with E-state index in [1.165, 1.54) is 58.6 Å². The van der Waals surface area contributed by atoms with Crippen molar-refractivity contribution < 1.29 is 61.8 Å². The summed E-state index contributed by atoms with van der Waals surface area (Å²) in [7, 11) is 5.48. The number of hydrogen-bond acceptors (Lipinski definition) is 13. The molecule has 23 nitrogen and oxygen atoms in total. The Morgan fingerprint density at radius 1 is 0.587 bits per heavy atom. The first-order chi connectivity index (χ1) is 43.0. The number of carbonyl (C=O) groups is 10. The maximum Gasteiger partial charge on any atom is 0.254 e. The molecule has 0 bridgehead atoms. The second kappa shape index (κ2) is 32.9. The molecular formula is C68H100FN11O12. The van der Waals surface area contributed by atoms with E-state index in [2.05, 4.69) is 47.9 Å². The van der Waals surface area contributed by atoms with Gasteiger partial charge in [-0.15, -0.1) is 0 Å². The van der Waals surface area contributed by atoms with Crippen LogP contribution in [0, 0.1) is 23.6 Å². The summed E-state index contributed by atoms with van der Waals surface area (Å²) in [6.07, 6.45) is 3.88. The summed E-state index contributed by atoms with van der Waals surface area (Å²) in [4.78, 5) is 143. The van der Waals surface area contributed by atoms with E-state index in [0.29, 0.717) is 24.5 Å². The predicted octanol–water partition coefficient (Wildman–Crippen LogP) is 5.05. The number of amides is 10. The number of likely N-dealkylation sites (N-methyl/N-ethyl adjacent to an activating group) is 1. The van der Waals surface area contributed by atoms with E-state index in [9.17, 15) is 52.3 Å². The molecule has 0 radical (unpaired) electrons. The molecule has 506 valence electrons. The van der Waals surface area contributed by atoms with Gasteiger partial charge in [0.05, 0.1) is 12.6 Å². The number of likely N-dealkylation sites (tertiary alicyclic amines) is 1. The number of rotatable bonds is 33. The first-order valence-electron chi connectivity index (χ1n) is 31.9. The first-order valence-corrected chi connectivity index (χ1v) is 31.9. The van der Waals surface area contributed by atoms with Gasteiger partial charge in [-0.05, 0) is 184 Å². The van der Waals surface area contributed by atoms with Crippen molar-refractivity contribution in [2.45, 2.75) is 193 Å². The smallest absolute Gasteiger partial charge is 0.254 e. The van der Waals surface area contributed by atoms with E-state index in [-0.39, 0.29) is 80.0 Å². The van der Waals surface area contributed by atoms with E-state index in [0.717, 1.165) is 42.5 Å². The molecule has 5 rings (SSSR count). The van der Waals surface area contributed by atoms with Gasteiger partial charge in [0.1, 0.15) is 70.7 Å². The van der Waals surface area contributed by atoms with E-state index in [1.807, 2.05) is 96.9 Å². The SMILES string of the molecule is COc1ccc(-c2ccc(OC[C@H](NC(=O)[C@@H]3CCCN3C(=O)c3ccc(F)cc3)C(=O)N[C@@H](CC(C)C)C(=O)NC(C)(C)C(=O)N[C@@H](CC(C)C)C(=O)N[C@@H](CC(C)C)C(=O)NC(C)(C)C(=O)NC(C)(C)C(=O)NCCC(=O)NC3(CN(C)C)CCC3)cc2)cc1. The molecule has 0 unspecified atom stereocenters. The fraction of sp³-hybridized carbons (Fsp3) is 0.588. The van der Waals surface area contributed by atoms with Crippen molar-refractivity contribution in [3.8, 4) is 22.6 Å². The highest BCUT2D eigenvalue weighted by atomic mass is 19.1. The molecule has 0 aromatic heterocycles. The van der Waals surface area contributed by atoms with Crippen molar-refractivity contribution in [2.24, 2.45) is 17.8 Å². The monoisotopic (exact) mass is 1280 g/mol. The molecule has 10 amide bonds. The van der Waals surface area contributed by atoms with Crippen molar-refractivity contribution in [2.75, 3.05) is 47.4 Å². The van der Waals surface area contributed by atoms with E-state index >= 15 is 0 Å². The number of nitrogens with one attached hydrogen (secondary N) is 9. The number of methoxy groups -OCH3 is 1. The van der Waals surface area contributed by atoms with Gasteiger partial charge < -0.3 is 67.1 Å². The second-order valence-corrected chi connectivity index (χ2v) is 27.6. The molecule has 1 heterocycles. The van der Waals surface area contributed by atoms with Crippen LogP contribution in [0.4, 0.5) is 4.39 Å². The highest BCUT2D eigenvalue weighted by Gasteiger charge is 2.43. The van der Waals surface area contributed by atoms with Crippen molar-refractivity contribution in [1.29, 1.82) is 0 Å². The molecule has 2 aliphatic rings. The quantitative estimate of drug-likeness (QED) is 0.0386. The first kappa shape index (κ1) is 74.6. The molecule has 3 aromatic carbocycles. The number of benzene rings is 3. The molecule has 1 saturated carbocycles. The average molecular weight is 1280 g/mol. The zero-order valence-electron chi connectivity index (χ0n) is 56.4. The zero-order valence-corrected chi connectivity index (χ0v) is 56.4. The molecule has 0 spiro atoms. The second-order valence-electron chi connectivity index (χ2n) is 27.6. The van der Waals surface area contributed by atoms with Crippen molar-refractivity contribution in [3.63, 3.8) is 0 Å². The lowest BCUT2D eigenvalue weighted by molar-refractivity contribution is -0.139. The molecule has 1 aliphatic carbocycles. The van der Waals surface area contributed by atoms with Crippen LogP contribution >= 0.6 is 0 Å². The topological polar surface area (TPSA) is 304 Å². The van der Waals surface area contributed by atoms with E-state index < -0.39 is 112 Å². The van der Waals surface area contributed by atoms with Gasteiger partial charge in [0.15, 0.2) is 0 Å². The van der Waals surface area contributed by atoms with Crippen LogP contribution in [0.25, 0.3) is 11.1 Å². The van der Waals surface area contributed by atoms with Crippen molar-refractivity contribution >= 4 is 59.1 Å². The minimum atomic E-state index is -1.72. The van der Waals surface area contributed by atoms with Gasteiger partial charge in [0, 0.05) is 31.6 Å². The summed E-state index contributed by atoms with van der Waals surface area (Å²) in [5, 5.41) is 25.1. The number of carbonyl (C=O) groups excluding carboxylic acids is 10. The lowest BCUT2D eigenvalue weighted by Gasteiger charge is -2.44. The van der Waals surface area contributed by atoms with Gasteiger partial charge in [-0.25, -0.2) is 4.39 Å². The van der Waals surface area contributed by atoms with Gasteiger partial charge in [-0.1, -0.05) is 65.8 Å². The lowest BCUT2D eigenvalue weighted by atomic mass is 9.76. The Morgan fingerprint density at radius 2 is 1.07 bits per heavy atom. The van der Waals surface area contributed by atoms with Crippen LogP contribution in [0.15, 0.2) is 72.8 Å². The maximum absolute atomic E-state index is 14.6. The third-order valence-corrected chi connectivity index (χ3v) is 16.2. The summed E-state index contributed by atoms with van der Waals surface area (Å²) in [6.45, 7) is 20.4. The van der Waals surface area contributed by atoms with Crippen molar-refractivity contribution in [3.05, 3.63) is 84.2 Å². The number of ether oxygens (including phenoxy) is 2. The van der Waals surface area contributed by atoms with E-state index in [4.69, 9.17) is 9.47 Å². The largest absolute Gasteiger partial charge is 0.497 e. The maximum atomic E-state index is 14.6. The van der Waals surface area contributed by atoms with Crippen LogP contribution in [0.3, 0.4) is 0 Å². The van der Waals surface area contributed by atoms with Gasteiger partial charge >= 0.3 is 0 Å². The van der Waals surface area contributed by atoms with Crippen LogP contribution < -0.4 is 57.3 Å². The van der Waals surface area contributed by atoms with Crippen LogP contribution in [0.1, 0.15) is 151 Å². The molecule has 5 atom stereocenters. The van der Waals surface area contributed by atoms with E-state index in [1.54, 1.807) is 19.2 Å². The van der Waals surface area contributed by atoms with Gasteiger partial charge in [0.2, 0.25) is 53.2 Å². The summed E-state index contributed by atoms with van der Waals surface area (Å²) in [6, 6.07) is 13.4. The van der Waals surface area contributed by atoms with Crippen LogP contribution in [0.2, 0.25) is 0 Å². The summed E-state index contributed by atoms with van der Waals surface area (Å²) in [5.41, 5.74) is -3.13. The Labute approximate surface area is 541 Å². The molecule has 92 heavy (non-hydrogen) atoms. The number of nitrogens with zero attached hydrogens (tertiary/aromatic N) is 2. The Balaban J connectivity index is 1.26.